The van der Waals surface area contributed by atoms with Crippen molar-refractivity contribution < 1.29 is 51.9 Å². The minimum absolute atomic E-state index is 0.000000000000000444. The molecule has 2 saturated heterocycles. The van der Waals surface area contributed by atoms with E-state index in [1.807, 2.05) is 0 Å². The van der Waals surface area contributed by atoms with E-state index in [1.165, 1.54) is 24.3 Å². The van der Waals surface area contributed by atoms with E-state index in [2.05, 4.69) is 15.4 Å². The molecule has 232 valence electrons. The van der Waals surface area contributed by atoms with E-state index in [0.717, 1.165) is 23.5 Å². The number of esters is 2. The van der Waals surface area contributed by atoms with Gasteiger partial charge in [-0.05, 0) is 62.8 Å². The number of nitrogens with one attached hydrogen (secondary N) is 2. The molecule has 2 saturated carbocycles. The molecule has 0 aromatic heterocycles. The van der Waals surface area contributed by atoms with Crippen molar-refractivity contribution in [1.29, 1.82) is 0 Å². The highest BCUT2D eigenvalue weighted by molar-refractivity contribution is 6.24. The lowest BCUT2D eigenvalue weighted by Crippen LogP contribution is -2.63. The van der Waals surface area contributed by atoms with E-state index >= 15 is 0 Å². The number of rotatable bonds is 1. The van der Waals surface area contributed by atoms with Gasteiger partial charge in [-0.3, -0.25) is 44.3 Å². The van der Waals surface area contributed by atoms with Crippen LogP contribution in [0.3, 0.4) is 0 Å². The SMILES string of the molecule is NC12CCC(C1)C(=O)NC2=O.O=C1NC(=O)C2(N3C(=O)c4cccc(F)c4C3=O)CCC1C2.O=C1OC(=O)c2c(F)cccc21. The Morgan fingerprint density at radius 1 is 0.711 bits per heavy atom. The van der Waals surface area contributed by atoms with Gasteiger partial charge in [0.25, 0.3) is 17.7 Å². The summed E-state index contributed by atoms with van der Waals surface area (Å²) in [6.45, 7) is 0. The largest absolute Gasteiger partial charge is 0.386 e. The maximum Gasteiger partial charge on any atom is 0.349 e. The number of imide groups is 3. The highest BCUT2D eigenvalue weighted by Gasteiger charge is 2.61. The fourth-order valence-corrected chi connectivity index (χ4v) is 6.66. The van der Waals surface area contributed by atoms with Crippen molar-refractivity contribution >= 4 is 47.4 Å². The number of ether oxygens (including phenoxy) is 1. The molecule has 2 aromatic carbocycles. The first-order valence-electron chi connectivity index (χ1n) is 14.0. The van der Waals surface area contributed by atoms with Crippen LogP contribution in [0.15, 0.2) is 36.4 Å². The molecule has 4 heterocycles. The van der Waals surface area contributed by atoms with Gasteiger partial charge in [-0.25, -0.2) is 18.4 Å². The Morgan fingerprint density at radius 3 is 1.93 bits per heavy atom. The number of halogens is 2. The number of carbonyl (C=O) groups excluding carboxylic acids is 8. The standard InChI is InChI=1S/C15H11FN2O4.C8H3FO3.C7H10N2O2/c16-9-3-1-2-8-10(9)13(21)18(12(8)20)15-5-4-7(6-15)11(19)17-14(15)22;9-5-3-1-2-4-6(5)8(11)12-7(4)10;8-7-2-1-4(3-7)5(10)9-6(7)11/h1-3,7H,4-6H2,(H,17,19,22);1-3H;4H,1-3,8H2,(H,9,10,11). The van der Waals surface area contributed by atoms with Gasteiger partial charge in [0, 0.05) is 11.8 Å². The lowest BCUT2D eigenvalue weighted by atomic mass is 9.89. The minimum Gasteiger partial charge on any atom is -0.386 e. The second-order valence-corrected chi connectivity index (χ2v) is 11.7. The molecular weight excluding hydrogens is 598 g/mol. The smallest absolute Gasteiger partial charge is 0.349 e. The molecule has 4 bridgehead atoms. The van der Waals surface area contributed by atoms with E-state index < -0.39 is 58.3 Å². The lowest BCUT2D eigenvalue weighted by molar-refractivity contribution is -0.142. The van der Waals surface area contributed by atoms with Crippen LogP contribution in [-0.2, 0) is 23.9 Å². The van der Waals surface area contributed by atoms with Crippen LogP contribution >= 0.6 is 0 Å². The van der Waals surface area contributed by atoms with Gasteiger partial charge >= 0.3 is 11.9 Å². The minimum atomic E-state index is -1.38. The van der Waals surface area contributed by atoms with Gasteiger partial charge in [-0.2, -0.15) is 0 Å². The number of hydrogen-bond acceptors (Lipinski definition) is 10. The molecule has 15 heteroatoms. The zero-order valence-electron chi connectivity index (χ0n) is 23.3. The lowest BCUT2D eigenvalue weighted by Gasteiger charge is -2.37. The third-order valence-electron chi connectivity index (χ3n) is 9.05. The molecule has 2 aromatic rings. The average molecular weight is 623 g/mol. The number of hydrogen-bond donors (Lipinski definition) is 3. The van der Waals surface area contributed by atoms with Crippen LogP contribution in [0.5, 0.6) is 0 Å². The molecule has 4 fully saturated rings. The Labute approximate surface area is 252 Å². The fourth-order valence-electron chi connectivity index (χ4n) is 6.66. The number of piperidine rings is 2. The van der Waals surface area contributed by atoms with Crippen molar-refractivity contribution in [2.75, 3.05) is 0 Å². The summed E-state index contributed by atoms with van der Waals surface area (Å²) in [6.07, 6.45) is 2.71. The Balaban J connectivity index is 0.000000131. The summed E-state index contributed by atoms with van der Waals surface area (Å²) in [5.41, 5.74) is 3.03. The molecule has 0 spiro atoms. The van der Waals surface area contributed by atoms with Crippen molar-refractivity contribution in [3.8, 4) is 0 Å². The summed E-state index contributed by atoms with van der Waals surface area (Å²) in [5, 5.41) is 4.50. The number of cyclic esters (lactones) is 2. The first-order valence-corrected chi connectivity index (χ1v) is 14.0. The van der Waals surface area contributed by atoms with Gasteiger partial charge in [0.05, 0.1) is 22.2 Å². The quantitative estimate of drug-likeness (QED) is 0.233. The maximum atomic E-state index is 13.9. The number of fused-ring (bicyclic) bond motifs is 6. The van der Waals surface area contributed by atoms with E-state index in [1.54, 1.807) is 0 Å². The van der Waals surface area contributed by atoms with Gasteiger partial charge in [0.2, 0.25) is 17.7 Å². The van der Waals surface area contributed by atoms with Crippen LogP contribution in [0.25, 0.3) is 0 Å². The molecule has 13 nitrogen and oxygen atoms in total. The van der Waals surface area contributed by atoms with Crippen LogP contribution in [0.1, 0.15) is 80.0 Å². The molecule has 6 amide bonds. The Kier molecular flexibility index (Phi) is 6.95. The summed E-state index contributed by atoms with van der Waals surface area (Å²) in [7, 11) is 0. The normalized spacial score (nSPS) is 28.8. The molecule has 4 unspecified atom stereocenters. The molecule has 4 atom stereocenters. The first kappa shape index (κ1) is 29.9. The van der Waals surface area contributed by atoms with Crippen molar-refractivity contribution in [2.45, 2.75) is 49.6 Å². The fraction of sp³-hybridized carbons (Fsp3) is 0.333. The molecular formula is C30H24F2N4O9. The van der Waals surface area contributed by atoms with Gasteiger partial charge in [-0.1, -0.05) is 12.1 Å². The Morgan fingerprint density at radius 2 is 1.29 bits per heavy atom. The highest BCUT2D eigenvalue weighted by Crippen LogP contribution is 2.45. The van der Waals surface area contributed by atoms with Crippen molar-refractivity contribution in [3.63, 3.8) is 0 Å². The van der Waals surface area contributed by atoms with Crippen molar-refractivity contribution in [2.24, 2.45) is 17.6 Å². The number of amides is 6. The van der Waals surface area contributed by atoms with E-state index in [-0.39, 0.29) is 58.7 Å². The molecule has 45 heavy (non-hydrogen) atoms. The summed E-state index contributed by atoms with van der Waals surface area (Å²) >= 11 is 0. The van der Waals surface area contributed by atoms with Crippen molar-refractivity contribution in [3.05, 3.63) is 70.3 Å². The average Bonchev–Trinajstić information content (AvgIpc) is 3.71. The number of benzene rings is 2. The number of carbonyl (C=O) groups is 8. The number of nitrogens with zero attached hydrogens (tertiary/aromatic N) is 1. The van der Waals surface area contributed by atoms with Gasteiger partial charge in [-0.15, -0.1) is 0 Å². The zero-order chi connectivity index (χ0) is 32.4. The monoisotopic (exact) mass is 622 g/mol. The van der Waals surface area contributed by atoms with E-state index in [9.17, 15) is 47.1 Å². The maximum absolute atomic E-state index is 13.9. The second kappa shape index (κ2) is 10.5. The van der Waals surface area contributed by atoms with Crippen LogP contribution in [-0.4, -0.2) is 63.4 Å². The molecule has 8 rings (SSSR count). The topological polar surface area (TPSA) is 199 Å². The Bertz CT molecular complexity index is 1780. The van der Waals surface area contributed by atoms with Crippen LogP contribution in [0.4, 0.5) is 8.78 Å². The van der Waals surface area contributed by atoms with Crippen LogP contribution in [0, 0.1) is 23.5 Å². The van der Waals surface area contributed by atoms with Crippen molar-refractivity contribution in [1.82, 2.24) is 15.5 Å². The molecule has 6 aliphatic rings. The molecule has 4 aliphatic heterocycles. The summed E-state index contributed by atoms with van der Waals surface area (Å²) in [4.78, 5) is 93.7. The molecule has 2 aliphatic carbocycles. The summed E-state index contributed by atoms with van der Waals surface area (Å²) in [5.74, 6) is -6.55. The van der Waals surface area contributed by atoms with Gasteiger partial charge in [0.1, 0.15) is 22.7 Å². The third kappa shape index (κ3) is 4.61. The van der Waals surface area contributed by atoms with Crippen LogP contribution < -0.4 is 16.4 Å². The second-order valence-electron chi connectivity index (χ2n) is 11.7. The van der Waals surface area contributed by atoms with E-state index in [4.69, 9.17) is 5.73 Å². The molecule has 4 N–H and O–H groups in total. The summed E-state index contributed by atoms with van der Waals surface area (Å²) < 4.78 is 31.0. The zero-order valence-corrected chi connectivity index (χ0v) is 23.3. The van der Waals surface area contributed by atoms with Gasteiger partial charge in [0.15, 0.2) is 0 Å². The Hall–Kier alpha value is -5.18. The number of nitrogens with two attached hydrogens (primary N) is 1. The first-order chi connectivity index (χ1) is 21.3. The molecule has 0 radical (unpaired) electrons. The van der Waals surface area contributed by atoms with E-state index in [0.29, 0.717) is 19.3 Å². The third-order valence-corrected chi connectivity index (χ3v) is 9.05. The predicted molar refractivity (Wildman–Crippen MR) is 144 cm³/mol. The highest BCUT2D eigenvalue weighted by atomic mass is 19.1. The predicted octanol–water partition coefficient (Wildman–Crippen LogP) is 0.894. The van der Waals surface area contributed by atoms with Crippen LogP contribution in [0.2, 0.25) is 0 Å². The van der Waals surface area contributed by atoms with Gasteiger partial charge < -0.3 is 10.5 Å². The summed E-state index contributed by atoms with van der Waals surface area (Å²) in [6, 6.07) is 7.64.